The number of rotatable bonds is 5. The topological polar surface area (TPSA) is 27.7 Å². The highest BCUT2D eigenvalue weighted by atomic mass is 28.4. The van der Waals surface area contributed by atoms with E-state index < -0.39 is 16.6 Å². The zero-order valence-corrected chi connectivity index (χ0v) is 22.4. The highest BCUT2D eigenvalue weighted by Crippen LogP contribution is 2.62. The van der Waals surface area contributed by atoms with Crippen molar-refractivity contribution >= 4 is 16.6 Å². The first-order chi connectivity index (χ1) is 13.9. The smallest absolute Gasteiger partial charge is 0.184 e. The van der Waals surface area contributed by atoms with Crippen LogP contribution in [-0.2, 0) is 15.3 Å². The van der Waals surface area contributed by atoms with Gasteiger partial charge in [-0.25, -0.2) is 0 Å². The molecule has 0 amide bonds. The molecule has 168 valence electrons. The van der Waals surface area contributed by atoms with E-state index >= 15 is 0 Å². The Bertz CT molecular complexity index is 782. The number of methoxy groups -OCH3 is 1. The van der Waals surface area contributed by atoms with Crippen molar-refractivity contribution in [3.05, 3.63) is 29.3 Å². The van der Waals surface area contributed by atoms with Crippen LogP contribution in [0.5, 0.6) is 5.75 Å². The van der Waals surface area contributed by atoms with Crippen LogP contribution in [0, 0.1) is 17.3 Å². The van der Waals surface area contributed by atoms with Crippen molar-refractivity contribution in [2.24, 2.45) is 17.3 Å². The fourth-order valence-electron chi connectivity index (χ4n) is 6.88. The van der Waals surface area contributed by atoms with Gasteiger partial charge in [-0.15, -0.1) is 0 Å². The van der Waals surface area contributed by atoms with Gasteiger partial charge in [-0.2, -0.15) is 0 Å². The minimum Gasteiger partial charge on any atom is -0.497 e. The van der Waals surface area contributed by atoms with E-state index in [4.69, 9.17) is 13.6 Å². The van der Waals surface area contributed by atoms with E-state index in [0.717, 1.165) is 18.1 Å². The summed E-state index contributed by atoms with van der Waals surface area (Å²) in [6.45, 7) is 16.6. The Labute approximate surface area is 186 Å². The number of hydrogen-bond acceptors (Lipinski definition) is 3. The first-order valence-electron chi connectivity index (χ1n) is 11.9. The van der Waals surface area contributed by atoms with Crippen LogP contribution in [0.4, 0.5) is 0 Å². The van der Waals surface area contributed by atoms with Crippen LogP contribution in [0.3, 0.4) is 0 Å². The fraction of sp³-hybridized carbons (Fsp3) is 0.760. The Morgan fingerprint density at radius 3 is 2.27 bits per heavy atom. The summed E-state index contributed by atoms with van der Waals surface area (Å²) in [4.78, 5) is 0. The Morgan fingerprint density at radius 2 is 1.63 bits per heavy atom. The van der Waals surface area contributed by atoms with Crippen LogP contribution in [0.2, 0.25) is 39.3 Å². The Kier molecular flexibility index (Phi) is 5.83. The molecule has 3 aliphatic rings. The summed E-state index contributed by atoms with van der Waals surface area (Å²) in [6.07, 6.45) is 6.84. The van der Waals surface area contributed by atoms with Gasteiger partial charge in [-0.3, -0.25) is 0 Å². The quantitative estimate of drug-likeness (QED) is 0.477. The third kappa shape index (κ3) is 4.19. The molecule has 3 nitrogen and oxygen atoms in total. The molecule has 6 atom stereocenters. The zero-order valence-electron chi connectivity index (χ0n) is 20.4. The van der Waals surface area contributed by atoms with Crippen molar-refractivity contribution in [2.45, 2.75) is 96.4 Å². The molecule has 0 aromatic heterocycles. The summed E-state index contributed by atoms with van der Waals surface area (Å²) in [7, 11) is -1.46. The third-order valence-electron chi connectivity index (χ3n) is 7.80. The molecular formula is C25H42O3Si2. The van der Waals surface area contributed by atoms with Gasteiger partial charge in [0.05, 0.1) is 19.3 Å². The molecule has 4 rings (SSSR count). The summed E-state index contributed by atoms with van der Waals surface area (Å²) in [5, 5.41) is 0. The second kappa shape index (κ2) is 7.75. The van der Waals surface area contributed by atoms with Gasteiger partial charge in [0.1, 0.15) is 5.75 Å². The number of aryl methyl sites for hydroxylation is 1. The summed E-state index contributed by atoms with van der Waals surface area (Å²) >= 11 is 0. The van der Waals surface area contributed by atoms with E-state index in [9.17, 15) is 0 Å². The Balaban J connectivity index is 1.73. The van der Waals surface area contributed by atoms with Crippen molar-refractivity contribution < 1.29 is 13.6 Å². The molecule has 1 aromatic carbocycles. The van der Waals surface area contributed by atoms with Gasteiger partial charge < -0.3 is 13.6 Å². The van der Waals surface area contributed by atoms with Crippen LogP contribution >= 0.6 is 0 Å². The molecule has 6 unspecified atom stereocenters. The van der Waals surface area contributed by atoms with Gasteiger partial charge in [0.2, 0.25) is 0 Å². The lowest BCUT2D eigenvalue weighted by atomic mass is 9.54. The predicted molar refractivity (Wildman–Crippen MR) is 129 cm³/mol. The standard InChI is InChI=1S/C25H42O3Si2/c1-25-16-22(27-29(3,4)5)24-19-12-10-18(26-2)15-17(19)9-11-20(24)21(25)13-14-23(25)28-30(6,7)8/h10,12,15,20-24H,9,11,13-14,16H2,1-8H3. The van der Waals surface area contributed by atoms with Gasteiger partial charge >= 0.3 is 0 Å². The van der Waals surface area contributed by atoms with Crippen molar-refractivity contribution in [2.75, 3.05) is 7.11 Å². The largest absolute Gasteiger partial charge is 0.497 e. The van der Waals surface area contributed by atoms with Crippen molar-refractivity contribution in [1.29, 1.82) is 0 Å². The van der Waals surface area contributed by atoms with Gasteiger partial charge in [0.15, 0.2) is 16.6 Å². The van der Waals surface area contributed by atoms with Gasteiger partial charge in [-0.1, -0.05) is 13.0 Å². The second-order valence-corrected chi connectivity index (χ2v) is 21.1. The number of ether oxygens (including phenoxy) is 1. The van der Waals surface area contributed by atoms with E-state index in [1.54, 1.807) is 7.11 Å². The van der Waals surface area contributed by atoms with E-state index in [2.05, 4.69) is 64.4 Å². The van der Waals surface area contributed by atoms with E-state index in [1.165, 1.54) is 36.8 Å². The molecule has 0 N–H and O–H groups in total. The minimum absolute atomic E-state index is 0.246. The molecule has 0 radical (unpaired) electrons. The average Bonchev–Trinajstić information content (AvgIpc) is 2.94. The van der Waals surface area contributed by atoms with E-state index in [0.29, 0.717) is 24.0 Å². The maximum absolute atomic E-state index is 6.98. The number of hydrogen-bond donors (Lipinski definition) is 0. The molecule has 1 aromatic rings. The van der Waals surface area contributed by atoms with Crippen LogP contribution in [0.15, 0.2) is 18.2 Å². The lowest BCUT2D eigenvalue weighted by Crippen LogP contribution is -2.54. The van der Waals surface area contributed by atoms with Gasteiger partial charge in [0, 0.05) is 5.92 Å². The monoisotopic (exact) mass is 446 g/mol. The predicted octanol–water partition coefficient (Wildman–Crippen LogP) is 6.60. The second-order valence-electron chi connectivity index (χ2n) is 12.2. The molecule has 0 spiro atoms. The Morgan fingerprint density at radius 1 is 0.933 bits per heavy atom. The highest BCUT2D eigenvalue weighted by molar-refractivity contribution is 6.70. The summed E-state index contributed by atoms with van der Waals surface area (Å²) in [5.74, 6) is 2.97. The van der Waals surface area contributed by atoms with Crippen molar-refractivity contribution in [3.8, 4) is 5.75 Å². The maximum Gasteiger partial charge on any atom is 0.184 e. The molecule has 0 bridgehead atoms. The molecule has 30 heavy (non-hydrogen) atoms. The summed E-state index contributed by atoms with van der Waals surface area (Å²) in [6, 6.07) is 6.78. The normalized spacial score (nSPS) is 36.1. The van der Waals surface area contributed by atoms with E-state index in [1.807, 2.05) is 0 Å². The van der Waals surface area contributed by atoms with Crippen molar-refractivity contribution in [3.63, 3.8) is 0 Å². The lowest BCUT2D eigenvalue weighted by molar-refractivity contribution is -0.0688. The summed E-state index contributed by atoms with van der Waals surface area (Å²) in [5.41, 5.74) is 3.26. The number of benzene rings is 1. The highest BCUT2D eigenvalue weighted by Gasteiger charge is 2.59. The Hall–Kier alpha value is -0.626. The minimum atomic E-state index is -1.66. The van der Waals surface area contributed by atoms with Crippen LogP contribution in [0.25, 0.3) is 0 Å². The molecular weight excluding hydrogens is 404 g/mol. The average molecular weight is 447 g/mol. The third-order valence-corrected chi connectivity index (χ3v) is 9.80. The van der Waals surface area contributed by atoms with Gasteiger partial charge in [0.25, 0.3) is 0 Å². The first kappa shape index (κ1) is 22.6. The molecule has 2 fully saturated rings. The SMILES string of the molecule is COc1ccc2c(c1)CCC1C2C(O[Si](C)(C)C)CC2(C)C(O[Si](C)(C)C)CCC12. The number of fused-ring (bicyclic) bond motifs is 5. The van der Waals surface area contributed by atoms with Crippen LogP contribution < -0.4 is 4.74 Å². The zero-order chi connectivity index (χ0) is 21.9. The molecule has 3 aliphatic carbocycles. The van der Waals surface area contributed by atoms with Crippen LogP contribution in [0.1, 0.15) is 49.7 Å². The van der Waals surface area contributed by atoms with E-state index in [-0.39, 0.29) is 5.41 Å². The van der Waals surface area contributed by atoms with Crippen molar-refractivity contribution in [1.82, 2.24) is 0 Å². The molecule has 5 heteroatoms. The van der Waals surface area contributed by atoms with Crippen LogP contribution in [-0.4, -0.2) is 36.0 Å². The summed E-state index contributed by atoms with van der Waals surface area (Å²) < 4.78 is 19.3. The molecule has 2 saturated carbocycles. The molecule has 0 saturated heterocycles. The lowest BCUT2D eigenvalue weighted by Gasteiger charge is -2.55. The molecule has 0 aliphatic heterocycles. The first-order valence-corrected chi connectivity index (χ1v) is 18.8. The molecule has 0 heterocycles. The maximum atomic E-state index is 6.98. The van der Waals surface area contributed by atoms with Gasteiger partial charge in [-0.05, 0) is 112 Å². The fourth-order valence-corrected chi connectivity index (χ4v) is 9.25.